The predicted octanol–water partition coefficient (Wildman–Crippen LogP) is 0.512. The summed E-state index contributed by atoms with van der Waals surface area (Å²) in [5.74, 6) is -0.353. The lowest BCUT2D eigenvalue weighted by Gasteiger charge is -2.33. The minimum Gasteiger partial charge on any atom is -0.469 e. The van der Waals surface area contributed by atoms with Crippen molar-refractivity contribution in [1.82, 2.24) is 20.0 Å². The van der Waals surface area contributed by atoms with Crippen LogP contribution < -0.4 is 0 Å². The average Bonchev–Trinajstić information content (AvgIpc) is 2.91. The third-order valence-corrected chi connectivity index (χ3v) is 4.11. The van der Waals surface area contributed by atoms with Crippen molar-refractivity contribution in [2.24, 2.45) is 0 Å². The van der Waals surface area contributed by atoms with Crippen LogP contribution in [0.3, 0.4) is 0 Å². The summed E-state index contributed by atoms with van der Waals surface area (Å²) in [7, 11) is 1.38. The molecule has 110 valence electrons. The molecule has 9 heteroatoms. The van der Waals surface area contributed by atoms with Gasteiger partial charge in [0.15, 0.2) is 0 Å². The van der Waals surface area contributed by atoms with E-state index in [0.29, 0.717) is 31.1 Å². The van der Waals surface area contributed by atoms with Gasteiger partial charge in [-0.05, 0) is 11.6 Å². The van der Waals surface area contributed by atoms with Crippen LogP contribution in [-0.2, 0) is 9.53 Å². The molecule has 20 heavy (non-hydrogen) atoms. The molecule has 0 saturated carbocycles. The quantitative estimate of drug-likeness (QED) is 0.753. The monoisotopic (exact) mass is 318 g/mol. The number of esters is 1. The number of amides is 1. The highest BCUT2D eigenvalue weighted by Gasteiger charge is 2.24. The van der Waals surface area contributed by atoms with Crippen LogP contribution in [0.5, 0.6) is 0 Å². The molecule has 0 aliphatic carbocycles. The van der Waals surface area contributed by atoms with Crippen molar-refractivity contribution in [1.29, 1.82) is 0 Å². The minimum absolute atomic E-state index is 0.137. The van der Waals surface area contributed by atoms with E-state index in [2.05, 4.69) is 19.8 Å². The molecule has 1 aliphatic rings. The van der Waals surface area contributed by atoms with Gasteiger partial charge in [0.1, 0.15) is 0 Å². The summed E-state index contributed by atoms with van der Waals surface area (Å²) in [6.07, 6.45) is 0.371. The van der Waals surface area contributed by atoms with Gasteiger partial charge in [0, 0.05) is 32.7 Å². The molecule has 1 saturated heterocycles. The summed E-state index contributed by atoms with van der Waals surface area (Å²) in [4.78, 5) is 27.0. The lowest BCUT2D eigenvalue weighted by atomic mass is 10.3. The zero-order valence-electron chi connectivity index (χ0n) is 11.0. The molecule has 1 aliphatic heterocycles. The highest BCUT2D eigenvalue weighted by atomic mass is 35.5. The molecule has 1 aromatic rings. The van der Waals surface area contributed by atoms with E-state index < -0.39 is 0 Å². The maximum absolute atomic E-state index is 12.1. The number of carbonyl (C=O) groups is 2. The first-order valence-corrected chi connectivity index (χ1v) is 7.37. The Morgan fingerprint density at radius 2 is 2.00 bits per heavy atom. The Kier molecular flexibility index (Phi) is 5.27. The van der Waals surface area contributed by atoms with E-state index in [1.807, 2.05) is 0 Å². The van der Waals surface area contributed by atoms with Crippen molar-refractivity contribution in [2.75, 3.05) is 39.8 Å². The van der Waals surface area contributed by atoms with Crippen LogP contribution in [0.1, 0.15) is 16.2 Å². The first-order chi connectivity index (χ1) is 9.60. The third-order valence-electron chi connectivity index (χ3n) is 3.10. The average molecular weight is 319 g/mol. The number of hydrogen-bond donors (Lipinski definition) is 0. The Balaban J connectivity index is 1.79. The van der Waals surface area contributed by atoms with Crippen LogP contribution in [0.4, 0.5) is 0 Å². The Bertz CT molecular complexity index is 488. The zero-order valence-corrected chi connectivity index (χ0v) is 12.6. The van der Waals surface area contributed by atoms with Gasteiger partial charge < -0.3 is 9.64 Å². The van der Waals surface area contributed by atoms with Gasteiger partial charge in [0.05, 0.1) is 13.5 Å². The molecule has 0 spiro atoms. The van der Waals surface area contributed by atoms with Gasteiger partial charge in [-0.25, -0.2) is 0 Å². The number of nitrogens with zero attached hydrogens (tertiary/aromatic N) is 4. The molecule has 0 aromatic carbocycles. The number of carbonyl (C=O) groups excluding carboxylic acids is 2. The Labute approximate surface area is 125 Å². The summed E-state index contributed by atoms with van der Waals surface area (Å²) >= 11 is 6.76. The van der Waals surface area contributed by atoms with Crippen molar-refractivity contribution in [2.45, 2.75) is 6.42 Å². The third kappa shape index (κ3) is 3.87. The number of halogens is 1. The summed E-state index contributed by atoms with van der Waals surface area (Å²) in [5.41, 5.74) is 0. The summed E-state index contributed by atoms with van der Waals surface area (Å²) < 4.78 is 4.87. The molecule has 2 rings (SSSR count). The van der Waals surface area contributed by atoms with Crippen molar-refractivity contribution in [3.63, 3.8) is 0 Å². The van der Waals surface area contributed by atoms with Crippen LogP contribution in [-0.4, -0.2) is 71.7 Å². The Morgan fingerprint density at radius 1 is 1.30 bits per heavy atom. The summed E-state index contributed by atoms with van der Waals surface area (Å²) in [5, 5.41) is 7.70. The SMILES string of the molecule is COC(=O)CCN1CCN(C(=O)c2nnc(Cl)s2)CC1. The van der Waals surface area contributed by atoms with Crippen LogP contribution in [0.15, 0.2) is 0 Å². The van der Waals surface area contributed by atoms with Crippen LogP contribution >= 0.6 is 22.9 Å². The second-order valence-corrected chi connectivity index (χ2v) is 5.88. The van der Waals surface area contributed by atoms with Gasteiger partial charge in [0.25, 0.3) is 5.91 Å². The Morgan fingerprint density at radius 3 is 2.55 bits per heavy atom. The first kappa shape index (κ1) is 15.1. The molecule has 7 nitrogen and oxygen atoms in total. The number of aromatic nitrogens is 2. The minimum atomic E-state index is -0.216. The number of methoxy groups -OCH3 is 1. The maximum Gasteiger partial charge on any atom is 0.306 e. The summed E-state index contributed by atoms with van der Waals surface area (Å²) in [6, 6.07) is 0. The van der Waals surface area contributed by atoms with Gasteiger partial charge in [-0.1, -0.05) is 11.3 Å². The predicted molar refractivity (Wildman–Crippen MR) is 73.9 cm³/mol. The smallest absolute Gasteiger partial charge is 0.306 e. The number of piperazine rings is 1. The van der Waals surface area contributed by atoms with Gasteiger partial charge in [0.2, 0.25) is 9.47 Å². The van der Waals surface area contributed by atoms with Crippen LogP contribution in [0, 0.1) is 0 Å². The van der Waals surface area contributed by atoms with Crippen molar-refractivity contribution < 1.29 is 14.3 Å². The molecule has 0 unspecified atom stereocenters. The molecular weight excluding hydrogens is 304 g/mol. The van der Waals surface area contributed by atoms with E-state index in [1.165, 1.54) is 7.11 Å². The lowest BCUT2D eigenvalue weighted by Crippen LogP contribution is -2.49. The van der Waals surface area contributed by atoms with Gasteiger partial charge in [-0.3, -0.25) is 14.5 Å². The van der Waals surface area contributed by atoms with Gasteiger partial charge in [-0.2, -0.15) is 0 Å². The van der Waals surface area contributed by atoms with Crippen molar-refractivity contribution in [3.8, 4) is 0 Å². The highest BCUT2D eigenvalue weighted by Crippen LogP contribution is 2.17. The zero-order chi connectivity index (χ0) is 14.5. The standard InChI is InChI=1S/C11H15ClN4O3S/c1-19-8(17)2-3-15-4-6-16(7-5-15)10(18)9-13-14-11(12)20-9/h2-7H2,1H3. The first-order valence-electron chi connectivity index (χ1n) is 6.17. The second-order valence-electron chi connectivity index (χ2n) is 4.32. The van der Waals surface area contributed by atoms with Gasteiger partial charge in [-0.15, -0.1) is 10.2 Å². The molecule has 0 N–H and O–H groups in total. The van der Waals surface area contributed by atoms with Crippen molar-refractivity contribution in [3.05, 3.63) is 9.47 Å². The lowest BCUT2D eigenvalue weighted by molar-refractivity contribution is -0.141. The number of hydrogen-bond acceptors (Lipinski definition) is 7. The second kappa shape index (κ2) is 6.96. The van der Waals surface area contributed by atoms with E-state index in [9.17, 15) is 9.59 Å². The van der Waals surface area contributed by atoms with Gasteiger partial charge >= 0.3 is 5.97 Å². The Hall–Kier alpha value is -1.25. The molecular formula is C11H15ClN4O3S. The van der Waals surface area contributed by atoms with Crippen molar-refractivity contribution >= 4 is 34.8 Å². The highest BCUT2D eigenvalue weighted by molar-refractivity contribution is 7.17. The molecule has 0 atom stereocenters. The van der Waals surface area contributed by atoms with E-state index in [1.54, 1.807) is 4.90 Å². The topological polar surface area (TPSA) is 75.6 Å². The normalized spacial score (nSPS) is 16.2. The fourth-order valence-electron chi connectivity index (χ4n) is 1.95. The van der Waals surface area contributed by atoms with E-state index >= 15 is 0 Å². The maximum atomic E-state index is 12.1. The van der Waals surface area contributed by atoms with E-state index in [0.717, 1.165) is 24.4 Å². The van der Waals surface area contributed by atoms with E-state index in [4.69, 9.17) is 11.6 Å². The number of ether oxygens (including phenoxy) is 1. The molecule has 0 radical (unpaired) electrons. The van der Waals surface area contributed by atoms with Crippen LogP contribution in [0.2, 0.25) is 4.47 Å². The largest absolute Gasteiger partial charge is 0.469 e. The van der Waals surface area contributed by atoms with Crippen LogP contribution in [0.25, 0.3) is 0 Å². The molecule has 1 aromatic heterocycles. The molecule has 2 heterocycles. The number of rotatable bonds is 4. The molecule has 0 bridgehead atoms. The fourth-order valence-corrected chi connectivity index (χ4v) is 2.75. The molecule has 1 amide bonds. The molecule has 1 fully saturated rings. The van der Waals surface area contributed by atoms with E-state index in [-0.39, 0.29) is 16.3 Å². The summed E-state index contributed by atoms with van der Waals surface area (Å²) in [6.45, 7) is 3.33. The fraction of sp³-hybridized carbons (Fsp3) is 0.636.